The highest BCUT2D eigenvalue weighted by Crippen LogP contribution is 2.36. The van der Waals surface area contributed by atoms with Crippen LogP contribution in [-0.2, 0) is 9.53 Å². The predicted octanol–water partition coefficient (Wildman–Crippen LogP) is 2.60. The fraction of sp³-hybridized carbons (Fsp3) is 0.385. The van der Waals surface area contributed by atoms with E-state index in [-0.39, 0.29) is 6.61 Å². The highest BCUT2D eigenvalue weighted by molar-refractivity contribution is 9.10. The molecule has 110 valence electrons. The van der Waals surface area contributed by atoms with Gasteiger partial charge in [0.05, 0.1) is 23.9 Å². The standard InChI is InChI=1S/C13H16BrNO5/c1-3-18-11-6-9(7-15-17)5-10(14)13(11)20-8-12(16)19-4-2/h5-7,17H,3-4,8H2,1-2H3/b15-7+. The number of rotatable bonds is 7. The molecule has 1 aromatic carbocycles. The summed E-state index contributed by atoms with van der Waals surface area (Å²) in [6.07, 6.45) is 1.27. The first-order valence-electron chi connectivity index (χ1n) is 6.04. The van der Waals surface area contributed by atoms with Gasteiger partial charge in [-0.1, -0.05) is 5.16 Å². The van der Waals surface area contributed by atoms with Crippen molar-refractivity contribution >= 4 is 28.1 Å². The molecule has 0 bridgehead atoms. The van der Waals surface area contributed by atoms with E-state index in [2.05, 4.69) is 21.1 Å². The second kappa shape index (κ2) is 8.42. The molecule has 0 radical (unpaired) electrons. The number of carbonyl (C=O) groups is 1. The lowest BCUT2D eigenvalue weighted by molar-refractivity contribution is -0.145. The van der Waals surface area contributed by atoms with Crippen molar-refractivity contribution < 1.29 is 24.2 Å². The lowest BCUT2D eigenvalue weighted by Gasteiger charge is -2.14. The molecule has 1 N–H and O–H groups in total. The van der Waals surface area contributed by atoms with Gasteiger partial charge in [-0.2, -0.15) is 0 Å². The molecule has 0 fully saturated rings. The van der Waals surface area contributed by atoms with Crippen molar-refractivity contribution in [2.45, 2.75) is 13.8 Å². The summed E-state index contributed by atoms with van der Waals surface area (Å²) in [5, 5.41) is 11.5. The van der Waals surface area contributed by atoms with E-state index in [9.17, 15) is 4.79 Å². The molecular weight excluding hydrogens is 330 g/mol. The molecule has 0 spiro atoms. The summed E-state index contributed by atoms with van der Waals surface area (Å²) in [5.41, 5.74) is 0.631. The summed E-state index contributed by atoms with van der Waals surface area (Å²) < 4.78 is 16.2. The average Bonchev–Trinajstić information content (AvgIpc) is 2.39. The Morgan fingerprint density at radius 1 is 1.35 bits per heavy atom. The average molecular weight is 346 g/mol. The summed E-state index contributed by atoms with van der Waals surface area (Å²) in [5.74, 6) is 0.388. The molecule has 0 heterocycles. The topological polar surface area (TPSA) is 77.4 Å². The van der Waals surface area contributed by atoms with Crippen LogP contribution in [0.2, 0.25) is 0 Å². The first-order valence-corrected chi connectivity index (χ1v) is 6.83. The largest absolute Gasteiger partial charge is 0.490 e. The van der Waals surface area contributed by atoms with Crippen LogP contribution in [0.5, 0.6) is 11.5 Å². The third-order valence-electron chi connectivity index (χ3n) is 2.18. The van der Waals surface area contributed by atoms with Crippen LogP contribution < -0.4 is 9.47 Å². The number of oxime groups is 1. The van der Waals surface area contributed by atoms with Crippen molar-refractivity contribution in [2.75, 3.05) is 19.8 Å². The fourth-order valence-corrected chi connectivity index (χ4v) is 2.04. The first kappa shape index (κ1) is 16.3. The Balaban J connectivity index is 2.95. The van der Waals surface area contributed by atoms with Crippen LogP contribution in [0.1, 0.15) is 19.4 Å². The minimum atomic E-state index is -0.456. The molecule has 6 nitrogen and oxygen atoms in total. The van der Waals surface area contributed by atoms with Crippen molar-refractivity contribution in [2.24, 2.45) is 5.16 Å². The summed E-state index contributed by atoms with van der Waals surface area (Å²) in [6, 6.07) is 3.33. The third kappa shape index (κ3) is 4.73. The number of hydrogen-bond acceptors (Lipinski definition) is 6. The number of hydrogen-bond donors (Lipinski definition) is 1. The molecule has 0 saturated carbocycles. The predicted molar refractivity (Wildman–Crippen MR) is 76.8 cm³/mol. The minimum Gasteiger partial charge on any atom is -0.490 e. The van der Waals surface area contributed by atoms with Gasteiger partial charge in [0.15, 0.2) is 18.1 Å². The van der Waals surface area contributed by atoms with Gasteiger partial charge >= 0.3 is 5.97 Å². The van der Waals surface area contributed by atoms with Crippen molar-refractivity contribution in [1.82, 2.24) is 0 Å². The number of esters is 1. The second-order valence-electron chi connectivity index (χ2n) is 3.60. The molecule has 0 aliphatic heterocycles. The molecule has 7 heteroatoms. The van der Waals surface area contributed by atoms with Gasteiger partial charge in [-0.05, 0) is 41.9 Å². The maximum Gasteiger partial charge on any atom is 0.344 e. The summed E-state index contributed by atoms with van der Waals surface area (Å²) in [7, 11) is 0. The summed E-state index contributed by atoms with van der Waals surface area (Å²) >= 11 is 3.33. The lowest BCUT2D eigenvalue weighted by Crippen LogP contribution is -2.15. The minimum absolute atomic E-state index is 0.208. The molecule has 0 amide bonds. The molecule has 0 unspecified atom stereocenters. The van der Waals surface area contributed by atoms with E-state index in [0.29, 0.717) is 34.7 Å². The SMILES string of the molecule is CCOC(=O)COc1c(Br)cc(/C=N/O)cc1OCC. The zero-order chi connectivity index (χ0) is 15.0. The fourth-order valence-electron chi connectivity index (χ4n) is 1.47. The van der Waals surface area contributed by atoms with Crippen molar-refractivity contribution in [3.05, 3.63) is 22.2 Å². The molecular formula is C13H16BrNO5. The van der Waals surface area contributed by atoms with Crippen LogP contribution in [0, 0.1) is 0 Å². The van der Waals surface area contributed by atoms with Crippen LogP contribution in [0.15, 0.2) is 21.8 Å². The van der Waals surface area contributed by atoms with E-state index in [1.807, 2.05) is 6.92 Å². The zero-order valence-electron chi connectivity index (χ0n) is 11.3. The van der Waals surface area contributed by atoms with E-state index in [0.717, 1.165) is 0 Å². The Morgan fingerprint density at radius 3 is 2.70 bits per heavy atom. The van der Waals surface area contributed by atoms with E-state index < -0.39 is 5.97 Å². The number of nitrogens with zero attached hydrogens (tertiary/aromatic N) is 1. The Bertz CT molecular complexity index is 490. The van der Waals surface area contributed by atoms with Gasteiger partial charge in [-0.25, -0.2) is 4.79 Å². The van der Waals surface area contributed by atoms with Gasteiger partial charge in [-0.3, -0.25) is 0 Å². The van der Waals surface area contributed by atoms with Gasteiger partial charge in [0.1, 0.15) is 0 Å². The molecule has 0 aliphatic rings. The lowest BCUT2D eigenvalue weighted by atomic mass is 10.2. The van der Waals surface area contributed by atoms with E-state index >= 15 is 0 Å². The van der Waals surface area contributed by atoms with Crippen LogP contribution in [-0.4, -0.2) is 37.2 Å². The maximum absolute atomic E-state index is 11.3. The Labute approximate surface area is 125 Å². The summed E-state index contributed by atoms with van der Waals surface area (Å²) in [6.45, 7) is 4.08. The van der Waals surface area contributed by atoms with Gasteiger partial charge in [0.25, 0.3) is 0 Å². The highest BCUT2D eigenvalue weighted by atomic mass is 79.9. The molecule has 1 aromatic rings. The Kier molecular flexibility index (Phi) is 6.86. The molecule has 1 rings (SSSR count). The van der Waals surface area contributed by atoms with Gasteiger partial charge in [0.2, 0.25) is 0 Å². The van der Waals surface area contributed by atoms with Gasteiger partial charge < -0.3 is 19.4 Å². The molecule has 0 atom stereocenters. The van der Waals surface area contributed by atoms with Crippen molar-refractivity contribution in [3.8, 4) is 11.5 Å². The number of ether oxygens (including phenoxy) is 3. The Morgan fingerprint density at radius 2 is 2.10 bits per heavy atom. The number of carbonyl (C=O) groups excluding carboxylic acids is 1. The van der Waals surface area contributed by atoms with Crippen LogP contribution in [0.25, 0.3) is 0 Å². The molecule has 0 saturated heterocycles. The van der Waals surface area contributed by atoms with E-state index in [1.165, 1.54) is 6.21 Å². The first-order chi connectivity index (χ1) is 9.62. The summed E-state index contributed by atoms with van der Waals surface area (Å²) in [4.78, 5) is 11.3. The quantitative estimate of drug-likeness (QED) is 0.355. The van der Waals surface area contributed by atoms with Crippen LogP contribution in [0.4, 0.5) is 0 Å². The van der Waals surface area contributed by atoms with Gasteiger partial charge in [0, 0.05) is 5.56 Å². The van der Waals surface area contributed by atoms with Crippen LogP contribution in [0.3, 0.4) is 0 Å². The molecule has 0 aromatic heterocycles. The third-order valence-corrected chi connectivity index (χ3v) is 2.77. The van der Waals surface area contributed by atoms with Crippen molar-refractivity contribution in [3.63, 3.8) is 0 Å². The smallest absolute Gasteiger partial charge is 0.344 e. The van der Waals surface area contributed by atoms with Crippen molar-refractivity contribution in [1.29, 1.82) is 0 Å². The molecule has 20 heavy (non-hydrogen) atoms. The maximum atomic E-state index is 11.3. The second-order valence-corrected chi connectivity index (χ2v) is 4.46. The Hall–Kier alpha value is -1.76. The number of halogens is 1. The van der Waals surface area contributed by atoms with E-state index in [4.69, 9.17) is 19.4 Å². The normalized spacial score (nSPS) is 10.6. The van der Waals surface area contributed by atoms with Crippen LogP contribution >= 0.6 is 15.9 Å². The monoisotopic (exact) mass is 345 g/mol. The van der Waals surface area contributed by atoms with Gasteiger partial charge in [-0.15, -0.1) is 0 Å². The number of benzene rings is 1. The zero-order valence-corrected chi connectivity index (χ0v) is 12.8. The molecule has 0 aliphatic carbocycles. The van der Waals surface area contributed by atoms with E-state index in [1.54, 1.807) is 19.1 Å². The highest BCUT2D eigenvalue weighted by Gasteiger charge is 2.14.